The van der Waals surface area contributed by atoms with E-state index in [-0.39, 0.29) is 17.7 Å². The maximum absolute atomic E-state index is 12.6. The number of carbonyl (C=O) groups excluding carboxylic acids is 2. The van der Waals surface area contributed by atoms with Crippen LogP contribution in [0.15, 0.2) is 24.3 Å². The Bertz CT molecular complexity index is 863. The predicted molar refractivity (Wildman–Crippen MR) is 118 cm³/mol. The first-order chi connectivity index (χ1) is 14.7. The summed E-state index contributed by atoms with van der Waals surface area (Å²) in [5, 5.41) is 6.29. The molecule has 0 radical (unpaired) electrons. The zero-order valence-corrected chi connectivity index (χ0v) is 17.9. The highest BCUT2D eigenvalue weighted by molar-refractivity contribution is 5.81. The van der Waals surface area contributed by atoms with Crippen molar-refractivity contribution in [1.82, 2.24) is 20.2 Å². The number of amides is 2. The van der Waals surface area contributed by atoms with Gasteiger partial charge < -0.3 is 15.2 Å². The molecule has 0 spiro atoms. The van der Waals surface area contributed by atoms with Crippen LogP contribution in [0, 0.1) is 5.92 Å². The molecule has 6 nitrogen and oxygen atoms in total. The Kier molecular flexibility index (Phi) is 7.03. The molecule has 0 aliphatic heterocycles. The van der Waals surface area contributed by atoms with Crippen molar-refractivity contribution in [2.45, 2.75) is 83.2 Å². The molecule has 2 aliphatic rings. The summed E-state index contributed by atoms with van der Waals surface area (Å²) in [6.45, 7) is 0.966. The van der Waals surface area contributed by atoms with Gasteiger partial charge in [0, 0.05) is 24.9 Å². The Hall–Kier alpha value is -2.37. The van der Waals surface area contributed by atoms with Gasteiger partial charge >= 0.3 is 0 Å². The third-order valence-electron chi connectivity index (χ3n) is 6.61. The number of para-hydroxylation sites is 2. The predicted octanol–water partition coefficient (Wildman–Crippen LogP) is 3.72. The normalized spacial score (nSPS) is 18.0. The number of rotatable bonds is 8. The Morgan fingerprint density at radius 1 is 1.00 bits per heavy atom. The van der Waals surface area contributed by atoms with Crippen LogP contribution < -0.4 is 10.6 Å². The summed E-state index contributed by atoms with van der Waals surface area (Å²) < 4.78 is 2.04. The molecule has 0 atom stereocenters. The number of nitrogens with zero attached hydrogens (tertiary/aromatic N) is 2. The molecular weight excluding hydrogens is 376 g/mol. The zero-order valence-electron chi connectivity index (χ0n) is 17.9. The fraction of sp³-hybridized carbons (Fsp3) is 0.625. The SMILES string of the molecule is O=C(Cn1c(CCCNC(=O)C2CCCCC2)nc2ccccc21)NC1CCCC1. The summed E-state index contributed by atoms with van der Waals surface area (Å²) in [7, 11) is 0. The second-order valence-electron chi connectivity index (χ2n) is 8.88. The number of aromatic nitrogens is 2. The van der Waals surface area contributed by atoms with Crippen LogP contribution in [0.1, 0.15) is 70.0 Å². The van der Waals surface area contributed by atoms with Crippen molar-refractivity contribution in [2.75, 3.05) is 6.54 Å². The summed E-state index contributed by atoms with van der Waals surface area (Å²) in [5.74, 6) is 1.39. The van der Waals surface area contributed by atoms with Crippen molar-refractivity contribution in [3.8, 4) is 0 Å². The van der Waals surface area contributed by atoms with Crippen molar-refractivity contribution < 1.29 is 9.59 Å². The lowest BCUT2D eigenvalue weighted by molar-refractivity contribution is -0.126. The minimum atomic E-state index is 0.0666. The standard InChI is InChI=1S/C24H34N4O2/c29-23(26-19-11-4-5-12-19)17-28-21-14-7-6-13-20(21)27-22(28)15-8-16-25-24(30)18-9-2-1-3-10-18/h6-7,13-14,18-19H,1-5,8-12,15-17H2,(H,25,30)(H,26,29). The lowest BCUT2D eigenvalue weighted by Crippen LogP contribution is -2.35. The second kappa shape index (κ2) is 10.1. The second-order valence-corrected chi connectivity index (χ2v) is 8.88. The summed E-state index contributed by atoms with van der Waals surface area (Å²) >= 11 is 0. The van der Waals surface area contributed by atoms with Crippen LogP contribution >= 0.6 is 0 Å². The van der Waals surface area contributed by atoms with Gasteiger partial charge in [-0.25, -0.2) is 4.98 Å². The van der Waals surface area contributed by atoms with E-state index in [2.05, 4.69) is 10.6 Å². The van der Waals surface area contributed by atoms with E-state index in [1.54, 1.807) is 0 Å². The van der Waals surface area contributed by atoms with E-state index in [0.29, 0.717) is 19.1 Å². The fourth-order valence-electron chi connectivity index (χ4n) is 4.95. The van der Waals surface area contributed by atoms with Crippen LogP contribution in [0.4, 0.5) is 0 Å². The molecule has 1 aromatic carbocycles. The van der Waals surface area contributed by atoms with Crippen molar-refractivity contribution >= 4 is 22.8 Å². The number of imidazole rings is 1. The minimum absolute atomic E-state index is 0.0666. The number of fused-ring (bicyclic) bond motifs is 1. The van der Waals surface area contributed by atoms with Crippen LogP contribution in [0.25, 0.3) is 11.0 Å². The number of hydrogen-bond acceptors (Lipinski definition) is 3. The smallest absolute Gasteiger partial charge is 0.240 e. The molecule has 0 bridgehead atoms. The molecule has 2 N–H and O–H groups in total. The Morgan fingerprint density at radius 3 is 2.53 bits per heavy atom. The third-order valence-corrected chi connectivity index (χ3v) is 6.61. The molecule has 6 heteroatoms. The average molecular weight is 411 g/mol. The molecule has 162 valence electrons. The van der Waals surface area contributed by atoms with Gasteiger partial charge in [-0.1, -0.05) is 44.2 Å². The summed E-state index contributed by atoms with van der Waals surface area (Å²) in [5.41, 5.74) is 1.92. The van der Waals surface area contributed by atoms with Gasteiger partial charge in [-0.15, -0.1) is 0 Å². The molecule has 4 rings (SSSR count). The van der Waals surface area contributed by atoms with Gasteiger partial charge in [0.2, 0.25) is 11.8 Å². The van der Waals surface area contributed by atoms with Gasteiger partial charge in [-0.2, -0.15) is 0 Å². The minimum Gasteiger partial charge on any atom is -0.356 e. The van der Waals surface area contributed by atoms with Gasteiger partial charge in [0.1, 0.15) is 12.4 Å². The molecule has 0 saturated heterocycles. The van der Waals surface area contributed by atoms with Gasteiger partial charge in [0.05, 0.1) is 11.0 Å². The fourth-order valence-corrected chi connectivity index (χ4v) is 4.95. The van der Waals surface area contributed by atoms with Crippen LogP contribution in [0.5, 0.6) is 0 Å². The molecule has 2 fully saturated rings. The molecule has 2 aliphatic carbocycles. The highest BCUT2D eigenvalue weighted by Gasteiger charge is 2.21. The molecule has 1 aromatic heterocycles. The summed E-state index contributed by atoms with van der Waals surface area (Å²) in [6, 6.07) is 8.32. The van der Waals surface area contributed by atoms with Crippen molar-refractivity contribution in [2.24, 2.45) is 5.92 Å². The molecule has 30 heavy (non-hydrogen) atoms. The Balaban J connectivity index is 1.34. The average Bonchev–Trinajstić information content (AvgIpc) is 3.40. The highest BCUT2D eigenvalue weighted by atomic mass is 16.2. The molecule has 1 heterocycles. The summed E-state index contributed by atoms with van der Waals surface area (Å²) in [6.07, 6.45) is 11.8. The molecule has 2 aromatic rings. The van der Waals surface area contributed by atoms with Gasteiger partial charge in [0.15, 0.2) is 0 Å². The largest absolute Gasteiger partial charge is 0.356 e. The monoisotopic (exact) mass is 410 g/mol. The Labute approximate surface area is 178 Å². The lowest BCUT2D eigenvalue weighted by Gasteiger charge is -2.20. The van der Waals surface area contributed by atoms with Gasteiger partial charge in [0.25, 0.3) is 0 Å². The van der Waals surface area contributed by atoms with Gasteiger partial charge in [-0.05, 0) is 44.2 Å². The number of nitrogens with one attached hydrogen (secondary N) is 2. The van der Waals surface area contributed by atoms with E-state index < -0.39 is 0 Å². The van der Waals surface area contributed by atoms with Crippen LogP contribution in [-0.4, -0.2) is 34.0 Å². The number of carbonyl (C=O) groups is 2. The summed E-state index contributed by atoms with van der Waals surface area (Å²) in [4.78, 5) is 29.8. The molecule has 2 saturated carbocycles. The van der Waals surface area contributed by atoms with Crippen molar-refractivity contribution in [3.63, 3.8) is 0 Å². The number of benzene rings is 1. The maximum atomic E-state index is 12.6. The Morgan fingerprint density at radius 2 is 1.73 bits per heavy atom. The number of aryl methyl sites for hydroxylation is 1. The number of hydrogen-bond donors (Lipinski definition) is 2. The van der Waals surface area contributed by atoms with Crippen LogP contribution in [0.3, 0.4) is 0 Å². The van der Waals surface area contributed by atoms with Crippen LogP contribution in [0.2, 0.25) is 0 Å². The van der Waals surface area contributed by atoms with Gasteiger partial charge in [-0.3, -0.25) is 9.59 Å². The van der Waals surface area contributed by atoms with E-state index in [4.69, 9.17) is 4.98 Å². The van der Waals surface area contributed by atoms with Crippen LogP contribution in [-0.2, 0) is 22.6 Å². The molecular formula is C24H34N4O2. The maximum Gasteiger partial charge on any atom is 0.240 e. The highest BCUT2D eigenvalue weighted by Crippen LogP contribution is 2.23. The van der Waals surface area contributed by atoms with E-state index in [0.717, 1.165) is 55.4 Å². The van der Waals surface area contributed by atoms with E-state index >= 15 is 0 Å². The lowest BCUT2D eigenvalue weighted by atomic mass is 9.89. The van der Waals surface area contributed by atoms with Crippen molar-refractivity contribution in [3.05, 3.63) is 30.1 Å². The molecule has 2 amide bonds. The van der Waals surface area contributed by atoms with E-state index in [1.807, 2.05) is 28.8 Å². The van der Waals surface area contributed by atoms with E-state index in [1.165, 1.54) is 32.1 Å². The first-order valence-corrected chi connectivity index (χ1v) is 11.7. The zero-order chi connectivity index (χ0) is 20.8. The van der Waals surface area contributed by atoms with Crippen molar-refractivity contribution in [1.29, 1.82) is 0 Å². The van der Waals surface area contributed by atoms with E-state index in [9.17, 15) is 9.59 Å². The first-order valence-electron chi connectivity index (χ1n) is 11.7. The molecule has 0 unspecified atom stereocenters. The topological polar surface area (TPSA) is 76.0 Å². The first kappa shape index (κ1) is 20.9. The quantitative estimate of drug-likeness (QED) is 0.651. The third kappa shape index (κ3) is 5.21.